The van der Waals surface area contributed by atoms with Gasteiger partial charge < -0.3 is 5.73 Å². The van der Waals surface area contributed by atoms with E-state index in [0.29, 0.717) is 0 Å². The summed E-state index contributed by atoms with van der Waals surface area (Å²) in [7, 11) is -3.02. The van der Waals surface area contributed by atoms with E-state index in [4.69, 9.17) is 5.73 Å². The Kier molecular flexibility index (Phi) is 5.59. The van der Waals surface area contributed by atoms with Crippen LogP contribution in [-0.4, -0.2) is 32.3 Å². The quantitative estimate of drug-likeness (QED) is 0.756. The summed E-state index contributed by atoms with van der Waals surface area (Å²) in [5.74, 6) is 0.134. The number of carbonyl (C=O) groups excluding carboxylic acids is 1. The van der Waals surface area contributed by atoms with Crippen LogP contribution >= 0.6 is 0 Å². The average molecular weight is 261 g/mol. The Labute approximate surface area is 104 Å². The monoisotopic (exact) mass is 261 g/mol. The number of hydrogen-bond donors (Lipinski definition) is 1. The molecule has 0 bridgehead atoms. The van der Waals surface area contributed by atoms with Crippen LogP contribution in [0.15, 0.2) is 0 Å². The van der Waals surface area contributed by atoms with Crippen LogP contribution in [0.4, 0.5) is 0 Å². The maximum absolute atomic E-state index is 12.0. The standard InChI is InChI=1S/C12H23NO3S/c1-17(15,16)9-8-11(13)12(14)10-6-4-2-3-5-7-10/h10-11H,2-9,13H2,1H3. The normalized spacial score (nSPS) is 20.8. The van der Waals surface area contributed by atoms with Crippen LogP contribution in [0, 0.1) is 5.92 Å². The molecule has 1 unspecified atom stereocenters. The van der Waals surface area contributed by atoms with Crippen molar-refractivity contribution in [3.05, 3.63) is 0 Å². The predicted octanol–water partition coefficient (Wildman–Crippen LogP) is 1.29. The van der Waals surface area contributed by atoms with Gasteiger partial charge in [0.2, 0.25) is 0 Å². The predicted molar refractivity (Wildman–Crippen MR) is 68.5 cm³/mol. The number of hydrogen-bond acceptors (Lipinski definition) is 4. The van der Waals surface area contributed by atoms with Gasteiger partial charge in [-0.15, -0.1) is 0 Å². The minimum atomic E-state index is -3.02. The first-order chi connectivity index (χ1) is 7.90. The third-order valence-corrected chi connectivity index (χ3v) is 4.40. The number of sulfone groups is 1. The number of nitrogens with two attached hydrogens (primary N) is 1. The summed E-state index contributed by atoms with van der Waals surface area (Å²) in [6, 6.07) is -0.604. The molecule has 17 heavy (non-hydrogen) atoms. The Morgan fingerprint density at radius 3 is 2.24 bits per heavy atom. The van der Waals surface area contributed by atoms with Crippen molar-refractivity contribution < 1.29 is 13.2 Å². The lowest BCUT2D eigenvalue weighted by atomic mass is 9.90. The molecule has 0 aliphatic heterocycles. The maximum Gasteiger partial charge on any atom is 0.152 e. The molecule has 1 fully saturated rings. The highest BCUT2D eigenvalue weighted by atomic mass is 32.2. The van der Waals surface area contributed by atoms with Gasteiger partial charge in [-0.3, -0.25) is 4.79 Å². The fourth-order valence-corrected chi connectivity index (χ4v) is 3.03. The molecular weight excluding hydrogens is 238 g/mol. The van der Waals surface area contributed by atoms with E-state index in [0.717, 1.165) is 25.7 Å². The second-order valence-corrected chi connectivity index (χ2v) is 7.38. The third kappa shape index (κ3) is 5.64. The van der Waals surface area contributed by atoms with Gasteiger partial charge in [0, 0.05) is 12.2 Å². The van der Waals surface area contributed by atoms with Crippen molar-refractivity contribution in [2.24, 2.45) is 11.7 Å². The molecule has 1 atom stereocenters. The molecule has 0 aromatic carbocycles. The van der Waals surface area contributed by atoms with Crippen molar-refractivity contribution in [3.63, 3.8) is 0 Å². The number of Topliss-reactive ketones (excluding diaryl/α,β-unsaturated/α-hetero) is 1. The zero-order valence-corrected chi connectivity index (χ0v) is 11.3. The molecule has 0 heterocycles. The Bertz CT molecular complexity index is 343. The fourth-order valence-electron chi connectivity index (χ4n) is 2.35. The largest absolute Gasteiger partial charge is 0.321 e. The van der Waals surface area contributed by atoms with Crippen LogP contribution in [0.5, 0.6) is 0 Å². The van der Waals surface area contributed by atoms with Gasteiger partial charge in [0.15, 0.2) is 5.78 Å². The molecule has 0 spiro atoms. The Morgan fingerprint density at radius 2 is 1.76 bits per heavy atom. The van der Waals surface area contributed by atoms with Crippen molar-refractivity contribution in [2.45, 2.75) is 51.0 Å². The van der Waals surface area contributed by atoms with Crippen LogP contribution in [0.2, 0.25) is 0 Å². The Balaban J connectivity index is 2.44. The molecule has 5 heteroatoms. The van der Waals surface area contributed by atoms with E-state index < -0.39 is 15.9 Å². The minimum Gasteiger partial charge on any atom is -0.321 e. The summed E-state index contributed by atoms with van der Waals surface area (Å²) in [6.45, 7) is 0. The van der Waals surface area contributed by atoms with Gasteiger partial charge in [-0.2, -0.15) is 0 Å². The number of rotatable bonds is 5. The molecule has 1 aliphatic carbocycles. The highest BCUT2D eigenvalue weighted by molar-refractivity contribution is 7.90. The summed E-state index contributed by atoms with van der Waals surface area (Å²) >= 11 is 0. The van der Waals surface area contributed by atoms with Gasteiger partial charge in [0.25, 0.3) is 0 Å². The Hall–Kier alpha value is -0.420. The van der Waals surface area contributed by atoms with Crippen molar-refractivity contribution in [2.75, 3.05) is 12.0 Å². The highest BCUT2D eigenvalue weighted by Crippen LogP contribution is 2.24. The second kappa shape index (κ2) is 6.50. The summed E-state index contributed by atoms with van der Waals surface area (Å²) in [6.07, 6.45) is 7.86. The van der Waals surface area contributed by atoms with E-state index in [2.05, 4.69) is 0 Å². The van der Waals surface area contributed by atoms with Gasteiger partial charge in [0.05, 0.1) is 11.8 Å². The molecule has 0 amide bonds. The smallest absolute Gasteiger partial charge is 0.152 e. The van der Waals surface area contributed by atoms with E-state index in [1.807, 2.05) is 0 Å². The van der Waals surface area contributed by atoms with Gasteiger partial charge in [0.1, 0.15) is 9.84 Å². The topological polar surface area (TPSA) is 77.2 Å². The van der Waals surface area contributed by atoms with Crippen LogP contribution in [0.25, 0.3) is 0 Å². The van der Waals surface area contributed by atoms with Crippen LogP contribution in [0.1, 0.15) is 44.9 Å². The summed E-state index contributed by atoms with van der Waals surface area (Å²) < 4.78 is 22.0. The molecule has 4 nitrogen and oxygen atoms in total. The zero-order chi connectivity index (χ0) is 12.9. The maximum atomic E-state index is 12.0. The second-order valence-electron chi connectivity index (χ2n) is 5.12. The Morgan fingerprint density at radius 1 is 1.24 bits per heavy atom. The SMILES string of the molecule is CS(=O)(=O)CCC(N)C(=O)C1CCCCCC1. The molecule has 1 rings (SSSR count). The lowest BCUT2D eigenvalue weighted by Gasteiger charge is -2.17. The van der Waals surface area contributed by atoms with E-state index in [9.17, 15) is 13.2 Å². The molecule has 2 N–H and O–H groups in total. The van der Waals surface area contributed by atoms with Crippen LogP contribution < -0.4 is 5.73 Å². The molecule has 0 radical (unpaired) electrons. The molecule has 1 aliphatic rings. The first-order valence-corrected chi connectivity index (χ1v) is 8.43. The average Bonchev–Trinajstić information content (AvgIpc) is 2.52. The molecule has 1 saturated carbocycles. The molecule has 0 aromatic rings. The molecule has 100 valence electrons. The molecule has 0 saturated heterocycles. The molecular formula is C12H23NO3S. The van der Waals surface area contributed by atoms with E-state index >= 15 is 0 Å². The third-order valence-electron chi connectivity index (χ3n) is 3.42. The number of carbonyl (C=O) groups is 1. The zero-order valence-electron chi connectivity index (χ0n) is 10.5. The van der Waals surface area contributed by atoms with Crippen molar-refractivity contribution in [1.82, 2.24) is 0 Å². The molecule has 0 aromatic heterocycles. The lowest BCUT2D eigenvalue weighted by molar-refractivity contribution is -0.124. The van der Waals surface area contributed by atoms with E-state index in [-0.39, 0.29) is 23.9 Å². The van der Waals surface area contributed by atoms with Gasteiger partial charge >= 0.3 is 0 Å². The minimum absolute atomic E-state index is 0.00657. The van der Waals surface area contributed by atoms with Crippen molar-refractivity contribution >= 4 is 15.6 Å². The first kappa shape index (κ1) is 14.6. The summed E-state index contributed by atoms with van der Waals surface area (Å²) in [5.41, 5.74) is 5.79. The first-order valence-electron chi connectivity index (χ1n) is 6.37. The van der Waals surface area contributed by atoms with Crippen molar-refractivity contribution in [1.29, 1.82) is 0 Å². The van der Waals surface area contributed by atoms with E-state index in [1.54, 1.807) is 0 Å². The van der Waals surface area contributed by atoms with Crippen molar-refractivity contribution in [3.8, 4) is 0 Å². The van der Waals surface area contributed by atoms with Gasteiger partial charge in [-0.05, 0) is 19.3 Å². The van der Waals surface area contributed by atoms with E-state index in [1.165, 1.54) is 19.1 Å². The summed E-state index contributed by atoms with van der Waals surface area (Å²) in [4.78, 5) is 12.0. The summed E-state index contributed by atoms with van der Waals surface area (Å²) in [5, 5.41) is 0. The van der Waals surface area contributed by atoms with Gasteiger partial charge in [-0.25, -0.2) is 8.42 Å². The fraction of sp³-hybridized carbons (Fsp3) is 0.917. The highest BCUT2D eigenvalue weighted by Gasteiger charge is 2.25. The lowest BCUT2D eigenvalue weighted by Crippen LogP contribution is -2.37. The van der Waals surface area contributed by atoms with Crippen LogP contribution in [0.3, 0.4) is 0 Å². The van der Waals surface area contributed by atoms with Gasteiger partial charge in [-0.1, -0.05) is 25.7 Å². The van der Waals surface area contributed by atoms with Crippen LogP contribution in [-0.2, 0) is 14.6 Å². The number of ketones is 1.